The van der Waals surface area contributed by atoms with Crippen molar-refractivity contribution in [3.8, 4) is 0 Å². The van der Waals surface area contributed by atoms with Crippen molar-refractivity contribution in [1.29, 1.82) is 0 Å². The lowest BCUT2D eigenvalue weighted by Gasteiger charge is -2.39. The molecule has 0 saturated carbocycles. The van der Waals surface area contributed by atoms with Gasteiger partial charge in [0.05, 0.1) is 6.26 Å². The van der Waals surface area contributed by atoms with Gasteiger partial charge in [-0.3, -0.25) is 0 Å². The minimum atomic E-state index is -3.07. The zero-order valence-corrected chi connectivity index (χ0v) is 12.4. The van der Waals surface area contributed by atoms with Gasteiger partial charge in [0.1, 0.15) is 0 Å². The molecule has 2 aliphatic rings. The van der Waals surface area contributed by atoms with E-state index in [-0.39, 0.29) is 5.41 Å². The fourth-order valence-corrected chi connectivity index (χ4v) is 4.22. The van der Waals surface area contributed by atoms with Gasteiger partial charge >= 0.3 is 0 Å². The van der Waals surface area contributed by atoms with E-state index in [1.54, 1.807) is 4.31 Å². The fourth-order valence-electron chi connectivity index (χ4n) is 3.27. The summed E-state index contributed by atoms with van der Waals surface area (Å²) in [5.74, 6) is 0.422. The van der Waals surface area contributed by atoms with Crippen LogP contribution in [0.1, 0.15) is 12.8 Å². The van der Waals surface area contributed by atoms with E-state index >= 15 is 0 Å². The lowest BCUT2D eigenvalue weighted by atomic mass is 9.72. The predicted molar refractivity (Wildman–Crippen MR) is 70.9 cm³/mol. The summed E-state index contributed by atoms with van der Waals surface area (Å²) >= 11 is 0. The molecule has 1 atom stereocenters. The van der Waals surface area contributed by atoms with Crippen LogP contribution < -0.4 is 0 Å². The van der Waals surface area contributed by atoms with Crippen molar-refractivity contribution >= 4 is 10.0 Å². The first kappa shape index (κ1) is 14.2. The van der Waals surface area contributed by atoms with Gasteiger partial charge in [-0.25, -0.2) is 12.7 Å². The second-order valence-corrected chi connectivity index (χ2v) is 7.97. The van der Waals surface area contributed by atoms with Crippen LogP contribution in [0.4, 0.5) is 0 Å². The maximum atomic E-state index is 11.8. The first-order chi connectivity index (χ1) is 8.33. The second kappa shape index (κ2) is 5.07. The lowest BCUT2D eigenvalue weighted by molar-refractivity contribution is -0.00332. The number of sulfonamides is 1. The Morgan fingerprint density at radius 1 is 1.33 bits per heavy atom. The average Bonchev–Trinajstić information content (AvgIpc) is 2.58. The summed E-state index contributed by atoms with van der Waals surface area (Å²) in [6, 6.07) is 0. The molecule has 5 nitrogen and oxygen atoms in total. The molecule has 18 heavy (non-hydrogen) atoms. The molecular weight excluding hydrogens is 252 g/mol. The van der Waals surface area contributed by atoms with E-state index in [4.69, 9.17) is 4.74 Å². The molecule has 2 rings (SSSR count). The van der Waals surface area contributed by atoms with Crippen LogP contribution in [-0.2, 0) is 14.8 Å². The quantitative estimate of drug-likeness (QED) is 0.741. The number of nitrogens with zero attached hydrogens (tertiary/aromatic N) is 2. The van der Waals surface area contributed by atoms with Crippen LogP contribution >= 0.6 is 0 Å². The molecular formula is C12H24N2O3S. The van der Waals surface area contributed by atoms with Gasteiger partial charge in [-0.1, -0.05) is 0 Å². The summed E-state index contributed by atoms with van der Waals surface area (Å²) in [5.41, 5.74) is 0.131. The molecule has 2 aliphatic heterocycles. The van der Waals surface area contributed by atoms with E-state index in [1.807, 2.05) is 0 Å². The van der Waals surface area contributed by atoms with Crippen molar-refractivity contribution in [2.75, 3.05) is 53.2 Å². The molecule has 2 heterocycles. The van der Waals surface area contributed by atoms with Gasteiger partial charge in [0.15, 0.2) is 0 Å². The van der Waals surface area contributed by atoms with Gasteiger partial charge in [-0.05, 0) is 38.3 Å². The third-order valence-electron chi connectivity index (χ3n) is 4.32. The summed E-state index contributed by atoms with van der Waals surface area (Å²) < 4.78 is 30.7. The van der Waals surface area contributed by atoms with E-state index in [2.05, 4.69) is 19.0 Å². The van der Waals surface area contributed by atoms with E-state index in [0.717, 1.165) is 32.6 Å². The van der Waals surface area contributed by atoms with Crippen molar-refractivity contribution in [2.45, 2.75) is 12.8 Å². The summed E-state index contributed by atoms with van der Waals surface area (Å²) in [4.78, 5) is 2.16. The highest BCUT2D eigenvalue weighted by molar-refractivity contribution is 7.88. The third kappa shape index (κ3) is 2.87. The van der Waals surface area contributed by atoms with Crippen molar-refractivity contribution in [3.05, 3.63) is 0 Å². The van der Waals surface area contributed by atoms with Crippen molar-refractivity contribution in [1.82, 2.24) is 9.21 Å². The van der Waals surface area contributed by atoms with Crippen molar-refractivity contribution < 1.29 is 13.2 Å². The number of hydrogen-bond donors (Lipinski definition) is 0. The Balaban J connectivity index is 2.19. The summed E-state index contributed by atoms with van der Waals surface area (Å²) in [6.07, 6.45) is 3.28. The first-order valence-corrected chi connectivity index (χ1v) is 8.36. The molecule has 2 fully saturated rings. The molecule has 0 bridgehead atoms. The topological polar surface area (TPSA) is 49.9 Å². The van der Waals surface area contributed by atoms with Crippen molar-refractivity contribution in [2.24, 2.45) is 11.3 Å². The van der Waals surface area contributed by atoms with E-state index in [1.165, 1.54) is 6.26 Å². The maximum absolute atomic E-state index is 11.8. The molecule has 0 aromatic carbocycles. The highest BCUT2D eigenvalue weighted by Crippen LogP contribution is 2.45. The zero-order chi connectivity index (χ0) is 13.4. The molecule has 0 amide bonds. The summed E-state index contributed by atoms with van der Waals surface area (Å²) in [5, 5.41) is 0. The Hall–Kier alpha value is -0.170. The summed E-state index contributed by atoms with van der Waals surface area (Å²) in [6.45, 7) is 3.82. The molecule has 2 saturated heterocycles. The van der Waals surface area contributed by atoms with Gasteiger partial charge in [0.2, 0.25) is 10.0 Å². The van der Waals surface area contributed by atoms with Crippen LogP contribution in [0.25, 0.3) is 0 Å². The van der Waals surface area contributed by atoms with Crippen LogP contribution in [0, 0.1) is 11.3 Å². The number of rotatable bonds is 3. The summed E-state index contributed by atoms with van der Waals surface area (Å²) in [7, 11) is 1.03. The molecule has 1 spiro atoms. The average molecular weight is 276 g/mol. The van der Waals surface area contributed by atoms with E-state index in [0.29, 0.717) is 19.0 Å². The lowest BCUT2D eigenvalue weighted by Crippen LogP contribution is -2.40. The van der Waals surface area contributed by atoms with Crippen LogP contribution in [0.3, 0.4) is 0 Å². The Morgan fingerprint density at radius 3 is 2.44 bits per heavy atom. The molecule has 6 heteroatoms. The monoisotopic (exact) mass is 276 g/mol. The predicted octanol–water partition coefficient (Wildman–Crippen LogP) is 0.236. The molecule has 1 unspecified atom stereocenters. The van der Waals surface area contributed by atoms with Crippen LogP contribution in [-0.4, -0.2) is 70.8 Å². The Kier molecular flexibility index (Phi) is 4.02. The van der Waals surface area contributed by atoms with Crippen LogP contribution in [0.15, 0.2) is 0 Å². The first-order valence-electron chi connectivity index (χ1n) is 6.51. The molecule has 106 valence electrons. The smallest absolute Gasteiger partial charge is 0.211 e. The van der Waals surface area contributed by atoms with E-state index in [9.17, 15) is 8.42 Å². The van der Waals surface area contributed by atoms with Gasteiger partial charge in [-0.15, -0.1) is 0 Å². The van der Waals surface area contributed by atoms with Gasteiger partial charge < -0.3 is 9.64 Å². The minimum absolute atomic E-state index is 0.131. The maximum Gasteiger partial charge on any atom is 0.211 e. The molecule has 0 aromatic rings. The standard InChI is InChI=1S/C12H24N2O3S/c1-13(2)8-11-9-14(18(3,15)16)10-12(11)4-6-17-7-5-12/h11H,4-10H2,1-3H3. The minimum Gasteiger partial charge on any atom is -0.381 e. The Labute approximate surface area is 110 Å². The Morgan fingerprint density at radius 2 is 1.94 bits per heavy atom. The van der Waals surface area contributed by atoms with E-state index < -0.39 is 10.0 Å². The highest BCUT2D eigenvalue weighted by Gasteiger charge is 2.49. The van der Waals surface area contributed by atoms with Crippen LogP contribution in [0.5, 0.6) is 0 Å². The Bertz CT molecular complexity index is 388. The number of ether oxygens (including phenoxy) is 1. The zero-order valence-electron chi connectivity index (χ0n) is 11.6. The van der Waals surface area contributed by atoms with Crippen LogP contribution in [0.2, 0.25) is 0 Å². The number of hydrogen-bond acceptors (Lipinski definition) is 4. The molecule has 0 N–H and O–H groups in total. The van der Waals surface area contributed by atoms with Gasteiger partial charge in [-0.2, -0.15) is 0 Å². The second-order valence-electron chi connectivity index (χ2n) is 5.99. The van der Waals surface area contributed by atoms with Gasteiger partial charge in [0.25, 0.3) is 0 Å². The SMILES string of the molecule is CN(C)CC1CN(S(C)(=O)=O)CC12CCOCC2. The molecule has 0 aromatic heterocycles. The normalized spacial score (nSPS) is 29.2. The molecule has 0 radical (unpaired) electrons. The highest BCUT2D eigenvalue weighted by atomic mass is 32.2. The van der Waals surface area contributed by atoms with Gasteiger partial charge in [0, 0.05) is 32.8 Å². The largest absolute Gasteiger partial charge is 0.381 e. The van der Waals surface area contributed by atoms with Crippen molar-refractivity contribution in [3.63, 3.8) is 0 Å². The fraction of sp³-hybridized carbons (Fsp3) is 1.00. The third-order valence-corrected chi connectivity index (χ3v) is 5.54. The molecule has 0 aliphatic carbocycles.